The van der Waals surface area contributed by atoms with E-state index >= 15 is 0 Å². The Bertz CT molecular complexity index is 891. The molecule has 382 valence electrons. The molecule has 0 N–H and O–H groups in total. The van der Waals surface area contributed by atoms with Crippen molar-refractivity contribution in [3.05, 3.63) is 0 Å². The molecule has 0 aliphatic rings. The molecule has 0 aromatic carbocycles. The summed E-state index contributed by atoms with van der Waals surface area (Å²) < 4.78 is 17.5. The van der Waals surface area contributed by atoms with Crippen molar-refractivity contribution in [1.29, 1.82) is 0 Å². The molecule has 0 aromatic rings. The topological polar surface area (TPSA) is 61.8 Å². The van der Waals surface area contributed by atoms with Crippen LogP contribution in [0, 0.1) is 0 Å². The Hall–Kier alpha value is -1.10. The number of hydrogen-bond acceptors (Lipinski definition) is 5. The molecule has 1 atom stereocenters. The van der Waals surface area contributed by atoms with Gasteiger partial charge in [-0.3, -0.25) is 9.59 Å². The van der Waals surface area contributed by atoms with Crippen LogP contribution in [0.4, 0.5) is 0 Å². The predicted octanol–water partition coefficient (Wildman–Crippen LogP) is 20.0. The van der Waals surface area contributed by atoms with Crippen LogP contribution in [0.5, 0.6) is 0 Å². The van der Waals surface area contributed by atoms with Gasteiger partial charge in [0, 0.05) is 19.4 Å². The summed E-state index contributed by atoms with van der Waals surface area (Å²) in [6.07, 6.45) is 64.1. The smallest absolute Gasteiger partial charge is 0.306 e. The second-order valence-corrected chi connectivity index (χ2v) is 20.3. The lowest BCUT2D eigenvalue weighted by atomic mass is 10.0. The lowest BCUT2D eigenvalue weighted by Gasteiger charge is -2.18. The van der Waals surface area contributed by atoms with Crippen molar-refractivity contribution in [2.75, 3.05) is 19.8 Å². The molecule has 0 aromatic heterocycles. The molecule has 5 nitrogen and oxygen atoms in total. The molecule has 0 radical (unpaired) electrons. The van der Waals surface area contributed by atoms with Crippen molar-refractivity contribution in [3.8, 4) is 0 Å². The molecule has 0 aliphatic carbocycles. The van der Waals surface area contributed by atoms with Gasteiger partial charge in [-0.15, -0.1) is 0 Å². The molecule has 0 rings (SSSR count). The number of unbranched alkanes of at least 4 members (excludes halogenated alkanes) is 45. The minimum Gasteiger partial charge on any atom is -0.462 e. The van der Waals surface area contributed by atoms with Crippen LogP contribution in [0.15, 0.2) is 0 Å². The summed E-state index contributed by atoms with van der Waals surface area (Å²) in [7, 11) is 0. The first-order valence-electron chi connectivity index (χ1n) is 29.6. The molecule has 0 spiro atoms. The van der Waals surface area contributed by atoms with E-state index in [1.807, 2.05) is 0 Å². The zero-order valence-electron chi connectivity index (χ0n) is 44.1. The summed E-state index contributed by atoms with van der Waals surface area (Å²) in [6.45, 7) is 7.93. The Kier molecular flexibility index (Phi) is 55.3. The quantitative estimate of drug-likeness (QED) is 0.0449. The van der Waals surface area contributed by atoms with Gasteiger partial charge in [-0.2, -0.15) is 0 Å². The highest BCUT2D eigenvalue weighted by Gasteiger charge is 2.18. The highest BCUT2D eigenvalue weighted by Crippen LogP contribution is 2.18. The van der Waals surface area contributed by atoms with Gasteiger partial charge < -0.3 is 14.2 Å². The van der Waals surface area contributed by atoms with Crippen molar-refractivity contribution in [3.63, 3.8) is 0 Å². The summed E-state index contributed by atoms with van der Waals surface area (Å²) in [5, 5.41) is 0. The van der Waals surface area contributed by atoms with Crippen molar-refractivity contribution in [1.82, 2.24) is 0 Å². The fraction of sp³-hybridized carbons (Fsp3) is 0.966. The summed E-state index contributed by atoms with van der Waals surface area (Å²) >= 11 is 0. The standard InChI is InChI=1S/C59H116O5/c1-4-7-10-13-16-19-22-25-28-29-30-33-36-39-42-45-48-51-54-62-55-57(64-59(61)53-50-47-44-41-38-35-32-27-24-21-18-15-12-9-6-3)56-63-58(60)52-49-46-43-40-37-34-31-26-23-20-17-14-11-8-5-2/h57H,4-56H2,1-3H3. The van der Waals surface area contributed by atoms with E-state index in [1.54, 1.807) is 0 Å². The number of hydrogen-bond donors (Lipinski definition) is 0. The van der Waals surface area contributed by atoms with Crippen LogP contribution in [0.3, 0.4) is 0 Å². The van der Waals surface area contributed by atoms with E-state index < -0.39 is 6.10 Å². The van der Waals surface area contributed by atoms with Gasteiger partial charge in [-0.25, -0.2) is 0 Å². The summed E-state index contributed by atoms with van der Waals surface area (Å²) in [5.74, 6) is -0.364. The van der Waals surface area contributed by atoms with Crippen LogP contribution < -0.4 is 0 Å². The Labute approximate surface area is 402 Å². The highest BCUT2D eigenvalue weighted by atomic mass is 16.6. The largest absolute Gasteiger partial charge is 0.462 e. The molecule has 1 unspecified atom stereocenters. The van der Waals surface area contributed by atoms with Gasteiger partial charge in [0.05, 0.1) is 6.61 Å². The van der Waals surface area contributed by atoms with Gasteiger partial charge in [0.2, 0.25) is 0 Å². The maximum absolute atomic E-state index is 12.9. The minimum atomic E-state index is -0.524. The van der Waals surface area contributed by atoms with E-state index in [4.69, 9.17) is 14.2 Å². The molecule has 0 aliphatic heterocycles. The lowest BCUT2D eigenvalue weighted by molar-refractivity contribution is -0.163. The van der Waals surface area contributed by atoms with E-state index in [1.165, 1.54) is 276 Å². The van der Waals surface area contributed by atoms with Crippen molar-refractivity contribution >= 4 is 11.9 Å². The Balaban J connectivity index is 4.17. The van der Waals surface area contributed by atoms with Crippen LogP contribution in [-0.2, 0) is 23.8 Å². The minimum absolute atomic E-state index is 0.0985. The van der Waals surface area contributed by atoms with Crippen LogP contribution in [-0.4, -0.2) is 37.9 Å². The fourth-order valence-corrected chi connectivity index (χ4v) is 9.22. The first-order chi connectivity index (χ1) is 31.6. The first-order valence-corrected chi connectivity index (χ1v) is 29.6. The summed E-state index contributed by atoms with van der Waals surface area (Å²) in [6, 6.07) is 0. The van der Waals surface area contributed by atoms with E-state index in [2.05, 4.69) is 20.8 Å². The molecule has 0 amide bonds. The van der Waals surface area contributed by atoms with Crippen molar-refractivity contribution in [2.24, 2.45) is 0 Å². The van der Waals surface area contributed by atoms with E-state index in [0.29, 0.717) is 26.1 Å². The number of ether oxygens (including phenoxy) is 3. The van der Waals surface area contributed by atoms with Crippen molar-refractivity contribution in [2.45, 2.75) is 348 Å². The zero-order chi connectivity index (χ0) is 46.3. The average Bonchev–Trinajstić information content (AvgIpc) is 3.30. The average molecular weight is 906 g/mol. The Morgan fingerprint density at radius 2 is 0.516 bits per heavy atom. The highest BCUT2D eigenvalue weighted by molar-refractivity contribution is 5.70. The molecular weight excluding hydrogens is 789 g/mol. The van der Waals surface area contributed by atoms with Crippen molar-refractivity contribution < 1.29 is 23.8 Å². The Morgan fingerprint density at radius 1 is 0.281 bits per heavy atom. The second kappa shape index (κ2) is 56.2. The van der Waals surface area contributed by atoms with Crippen LogP contribution >= 0.6 is 0 Å². The lowest BCUT2D eigenvalue weighted by Crippen LogP contribution is -2.30. The maximum Gasteiger partial charge on any atom is 0.306 e. The normalized spacial score (nSPS) is 12.0. The molecule has 0 saturated heterocycles. The second-order valence-electron chi connectivity index (χ2n) is 20.3. The van der Waals surface area contributed by atoms with Gasteiger partial charge in [0.1, 0.15) is 6.61 Å². The molecule has 0 fully saturated rings. The van der Waals surface area contributed by atoms with Crippen LogP contribution in [0.2, 0.25) is 0 Å². The van der Waals surface area contributed by atoms with E-state index in [0.717, 1.165) is 32.1 Å². The van der Waals surface area contributed by atoms with E-state index in [-0.39, 0.29) is 18.5 Å². The first kappa shape index (κ1) is 62.9. The van der Waals surface area contributed by atoms with Gasteiger partial charge in [-0.05, 0) is 19.3 Å². The SMILES string of the molecule is CCCCCCCCCCCCCCCCCCCCOCC(COC(=O)CCCCCCCCCCCCCCCCC)OC(=O)CCCCCCCCCCCCCCCCC. The fourth-order valence-electron chi connectivity index (χ4n) is 9.22. The number of rotatable bonds is 56. The zero-order valence-corrected chi connectivity index (χ0v) is 44.1. The van der Waals surface area contributed by atoms with Crippen LogP contribution in [0.25, 0.3) is 0 Å². The van der Waals surface area contributed by atoms with Gasteiger partial charge in [-0.1, -0.05) is 310 Å². The maximum atomic E-state index is 12.9. The van der Waals surface area contributed by atoms with Gasteiger partial charge >= 0.3 is 11.9 Å². The Morgan fingerprint density at radius 3 is 0.797 bits per heavy atom. The third kappa shape index (κ3) is 53.5. The van der Waals surface area contributed by atoms with Crippen LogP contribution in [0.1, 0.15) is 342 Å². The molecule has 0 bridgehead atoms. The number of carbonyl (C=O) groups excluding carboxylic acids is 2. The molecule has 5 heteroatoms. The predicted molar refractivity (Wildman–Crippen MR) is 280 cm³/mol. The van der Waals surface area contributed by atoms with Gasteiger partial charge in [0.15, 0.2) is 6.10 Å². The third-order valence-corrected chi connectivity index (χ3v) is 13.6. The van der Waals surface area contributed by atoms with E-state index in [9.17, 15) is 9.59 Å². The summed E-state index contributed by atoms with van der Waals surface area (Å²) in [5.41, 5.74) is 0. The molecular formula is C59H116O5. The van der Waals surface area contributed by atoms with Gasteiger partial charge in [0.25, 0.3) is 0 Å². The third-order valence-electron chi connectivity index (χ3n) is 13.6. The molecule has 0 saturated carbocycles. The molecule has 64 heavy (non-hydrogen) atoms. The summed E-state index contributed by atoms with van der Waals surface area (Å²) in [4.78, 5) is 25.5. The number of carbonyl (C=O) groups is 2. The monoisotopic (exact) mass is 905 g/mol. The molecule has 0 heterocycles. The number of esters is 2.